The van der Waals surface area contributed by atoms with E-state index < -0.39 is 0 Å². The van der Waals surface area contributed by atoms with E-state index in [0.717, 1.165) is 53.0 Å². The van der Waals surface area contributed by atoms with Crippen LogP contribution in [0.15, 0.2) is 61.2 Å². The summed E-state index contributed by atoms with van der Waals surface area (Å²) in [6.45, 7) is 7.70. The second kappa shape index (κ2) is 11.4. The van der Waals surface area contributed by atoms with E-state index in [1.54, 1.807) is 24.8 Å². The molecule has 11 heteroatoms. The van der Waals surface area contributed by atoms with Crippen LogP contribution in [0.3, 0.4) is 0 Å². The zero-order valence-electron chi connectivity index (χ0n) is 24.1. The number of fused-ring (bicyclic) bond motifs is 2. The van der Waals surface area contributed by atoms with Crippen LogP contribution in [0.2, 0.25) is 0 Å². The lowest BCUT2D eigenvalue weighted by atomic mass is 10.1. The fourth-order valence-corrected chi connectivity index (χ4v) is 5.60. The largest absolute Gasteiger partial charge is 0.492 e. The van der Waals surface area contributed by atoms with Crippen molar-refractivity contribution in [2.75, 3.05) is 31.6 Å². The Bertz CT molecular complexity index is 1910. The Kier molecular flexibility index (Phi) is 7.15. The fourth-order valence-electron chi connectivity index (χ4n) is 5.60. The third-order valence-electron chi connectivity index (χ3n) is 7.60. The first-order valence-electron chi connectivity index (χ1n) is 14.6. The third-order valence-corrected chi connectivity index (χ3v) is 7.60. The molecule has 1 fully saturated rings. The summed E-state index contributed by atoms with van der Waals surface area (Å²) in [4.78, 5) is 24.1. The Morgan fingerprint density at radius 1 is 1.02 bits per heavy atom. The lowest BCUT2D eigenvalue weighted by Crippen LogP contribution is -2.25. The molecule has 0 amide bonds. The molecule has 43 heavy (non-hydrogen) atoms. The maximum atomic E-state index is 14.7. The van der Waals surface area contributed by atoms with E-state index in [-0.39, 0.29) is 11.9 Å². The molecule has 0 unspecified atom stereocenters. The van der Waals surface area contributed by atoms with Crippen molar-refractivity contribution in [3.8, 4) is 39.7 Å². The molecule has 6 aromatic rings. The van der Waals surface area contributed by atoms with Gasteiger partial charge in [-0.25, -0.2) is 14.4 Å². The van der Waals surface area contributed by atoms with Crippen molar-refractivity contribution in [1.82, 2.24) is 40.0 Å². The van der Waals surface area contributed by atoms with Gasteiger partial charge < -0.3 is 15.0 Å². The summed E-state index contributed by atoms with van der Waals surface area (Å²) >= 11 is 0. The number of hydrogen-bond donors (Lipinski definition) is 3. The highest BCUT2D eigenvalue weighted by Gasteiger charge is 2.18. The lowest BCUT2D eigenvalue weighted by molar-refractivity contribution is 0.237. The summed E-state index contributed by atoms with van der Waals surface area (Å²) < 4.78 is 20.7. The van der Waals surface area contributed by atoms with E-state index in [1.165, 1.54) is 25.0 Å². The number of halogens is 1. The molecule has 5 aromatic heterocycles. The monoisotopic (exact) mass is 577 g/mol. The summed E-state index contributed by atoms with van der Waals surface area (Å²) in [6.07, 6.45) is 9.48. The number of ether oxygens (including phenoxy) is 1. The number of pyridine rings is 3. The van der Waals surface area contributed by atoms with Crippen LogP contribution in [0.25, 0.3) is 56.0 Å². The molecule has 6 heterocycles. The highest BCUT2D eigenvalue weighted by atomic mass is 19.1. The molecule has 0 bridgehead atoms. The molecule has 218 valence electrons. The molecule has 10 nitrogen and oxygen atoms in total. The van der Waals surface area contributed by atoms with E-state index in [4.69, 9.17) is 9.72 Å². The van der Waals surface area contributed by atoms with Gasteiger partial charge in [0.25, 0.3) is 0 Å². The Balaban J connectivity index is 1.21. The number of likely N-dealkylation sites (tertiary alicyclic amines) is 1. The number of nitrogens with zero attached hydrogens (tertiary/aromatic N) is 6. The van der Waals surface area contributed by atoms with Crippen molar-refractivity contribution in [2.45, 2.75) is 32.7 Å². The number of aromatic nitrogens is 7. The topological polar surface area (TPSA) is 121 Å². The van der Waals surface area contributed by atoms with Crippen molar-refractivity contribution >= 4 is 27.8 Å². The highest BCUT2D eigenvalue weighted by Crippen LogP contribution is 2.33. The van der Waals surface area contributed by atoms with Crippen LogP contribution in [0.4, 0.5) is 10.1 Å². The molecule has 3 N–H and O–H groups in total. The average Bonchev–Trinajstić information content (AvgIpc) is 3.76. The number of imidazole rings is 1. The molecule has 1 aliphatic heterocycles. The minimum atomic E-state index is -0.366. The number of nitrogens with one attached hydrogen (secondary N) is 3. The molecule has 0 spiro atoms. The first kappa shape index (κ1) is 27.0. The molecular weight excluding hydrogens is 545 g/mol. The van der Waals surface area contributed by atoms with Crippen molar-refractivity contribution in [2.24, 2.45) is 0 Å². The minimum Gasteiger partial charge on any atom is -0.492 e. The van der Waals surface area contributed by atoms with Gasteiger partial charge in [-0.05, 0) is 75.7 Å². The van der Waals surface area contributed by atoms with Gasteiger partial charge in [-0.2, -0.15) is 5.10 Å². The Labute approximate surface area is 247 Å². The molecule has 0 aliphatic carbocycles. The minimum absolute atomic E-state index is 0.283. The molecule has 7 rings (SSSR count). The molecule has 1 saturated heterocycles. The first-order valence-corrected chi connectivity index (χ1v) is 14.6. The van der Waals surface area contributed by atoms with Gasteiger partial charge in [0.1, 0.15) is 29.4 Å². The second-order valence-corrected chi connectivity index (χ2v) is 11.2. The van der Waals surface area contributed by atoms with Gasteiger partial charge in [-0.1, -0.05) is 0 Å². The standard InChI is InChI=1S/C32H32FN9O/c1-19(2)37-23-12-21(16-34-17-23)27-15-26-28(18-36-27)40-41-30(26)32-38-29-25(5-6-35-31(29)39-32)20-11-22(33)14-24(13-20)43-10-9-42-7-3-4-8-42/h5-6,11-19,37H,3-4,7-10H2,1-2H3,(H,40,41)(H,35,38,39). The average molecular weight is 578 g/mol. The van der Waals surface area contributed by atoms with E-state index in [2.05, 4.69) is 54.2 Å². The summed E-state index contributed by atoms with van der Waals surface area (Å²) in [7, 11) is 0. The van der Waals surface area contributed by atoms with Crippen molar-refractivity contribution < 1.29 is 9.13 Å². The number of rotatable bonds is 9. The zero-order chi connectivity index (χ0) is 29.3. The molecule has 0 radical (unpaired) electrons. The predicted octanol–water partition coefficient (Wildman–Crippen LogP) is 6.06. The van der Waals surface area contributed by atoms with Crippen LogP contribution in [0.1, 0.15) is 26.7 Å². The number of aromatic amines is 2. The summed E-state index contributed by atoms with van der Waals surface area (Å²) in [6, 6.07) is 10.9. The van der Waals surface area contributed by atoms with Gasteiger partial charge in [-0.3, -0.25) is 20.0 Å². The molecule has 1 aliphatic rings. The van der Waals surface area contributed by atoms with E-state index in [1.807, 2.05) is 24.3 Å². The van der Waals surface area contributed by atoms with Crippen LogP contribution in [0, 0.1) is 5.82 Å². The summed E-state index contributed by atoms with van der Waals surface area (Å²) in [5.74, 6) is 0.676. The zero-order valence-corrected chi connectivity index (χ0v) is 24.1. The van der Waals surface area contributed by atoms with Crippen LogP contribution < -0.4 is 10.1 Å². The normalized spacial score (nSPS) is 13.9. The Hall–Kier alpha value is -4.90. The molecule has 1 aromatic carbocycles. The molecule has 0 saturated carbocycles. The molecule has 0 atom stereocenters. The summed E-state index contributed by atoms with van der Waals surface area (Å²) in [5, 5.41) is 11.8. The maximum absolute atomic E-state index is 14.7. The van der Waals surface area contributed by atoms with Crippen molar-refractivity contribution in [3.05, 3.63) is 67.0 Å². The van der Waals surface area contributed by atoms with Crippen molar-refractivity contribution in [1.29, 1.82) is 0 Å². The van der Waals surface area contributed by atoms with Gasteiger partial charge in [-0.15, -0.1) is 0 Å². The van der Waals surface area contributed by atoms with Gasteiger partial charge >= 0.3 is 0 Å². The van der Waals surface area contributed by atoms with E-state index >= 15 is 0 Å². The Morgan fingerprint density at radius 2 is 1.91 bits per heavy atom. The van der Waals surface area contributed by atoms with Crippen LogP contribution in [0.5, 0.6) is 5.75 Å². The van der Waals surface area contributed by atoms with E-state index in [9.17, 15) is 4.39 Å². The molecular formula is C32H32FN9O. The number of anilines is 1. The second-order valence-electron chi connectivity index (χ2n) is 11.2. The smallest absolute Gasteiger partial charge is 0.160 e. The fraction of sp³-hybridized carbons (Fsp3) is 0.281. The predicted molar refractivity (Wildman–Crippen MR) is 165 cm³/mol. The van der Waals surface area contributed by atoms with Crippen molar-refractivity contribution in [3.63, 3.8) is 0 Å². The quantitative estimate of drug-likeness (QED) is 0.190. The maximum Gasteiger partial charge on any atom is 0.160 e. The van der Waals surface area contributed by atoms with Gasteiger partial charge in [0.15, 0.2) is 11.5 Å². The number of H-pyrrole nitrogens is 2. The highest BCUT2D eigenvalue weighted by molar-refractivity contribution is 5.96. The van der Waals surface area contributed by atoms with Gasteiger partial charge in [0, 0.05) is 53.8 Å². The third kappa shape index (κ3) is 5.63. The van der Waals surface area contributed by atoms with Gasteiger partial charge in [0.05, 0.1) is 23.1 Å². The Morgan fingerprint density at radius 3 is 2.77 bits per heavy atom. The van der Waals surface area contributed by atoms with E-state index in [0.29, 0.717) is 40.6 Å². The number of hydrogen-bond acceptors (Lipinski definition) is 8. The lowest BCUT2D eigenvalue weighted by Gasteiger charge is -2.15. The first-order chi connectivity index (χ1) is 21.0. The number of benzene rings is 1. The SMILES string of the molecule is CC(C)Nc1cncc(-c2cc3c(-c4nc5c(-c6cc(F)cc(OCCN7CCCC7)c6)ccnc5[nH]4)n[nH]c3cn2)c1. The van der Waals surface area contributed by atoms with Gasteiger partial charge in [0.2, 0.25) is 0 Å². The van der Waals surface area contributed by atoms with Crippen LogP contribution in [-0.2, 0) is 0 Å². The van der Waals surface area contributed by atoms with Crippen LogP contribution in [-0.4, -0.2) is 72.3 Å². The van der Waals surface area contributed by atoms with Crippen LogP contribution >= 0.6 is 0 Å². The summed E-state index contributed by atoms with van der Waals surface area (Å²) in [5.41, 5.74) is 6.61.